The normalized spacial score (nSPS) is 17.0. The molecule has 16 rings (SSSR count). The van der Waals surface area contributed by atoms with Gasteiger partial charge in [-0.2, -0.15) is 0 Å². The van der Waals surface area contributed by atoms with Gasteiger partial charge in [-0.3, -0.25) is 0 Å². The van der Waals surface area contributed by atoms with Gasteiger partial charge in [-0.05, 0) is 133 Å². The van der Waals surface area contributed by atoms with Crippen molar-refractivity contribution in [1.29, 1.82) is 0 Å². The number of anilines is 5. The van der Waals surface area contributed by atoms with Gasteiger partial charge in [0.05, 0.1) is 21.5 Å². The number of nitrogens with zero attached hydrogens (tertiary/aromatic N) is 2. The standard InChI is InChI=1S/C63H45BN2OS/c1-61(2)30-31-62(3,4)50-32-36(28-29-47(50)61)66-53-34-42-39-18-7-13-26-54(39)67-55(42)35-41(53)43-33-44-40-19-8-14-27-56(40)68-60(44)59-57(43)64(66)51-24-15-23-49-58(51)65(59)52-25-12-11-22-48(52)63(49)45-20-9-5-16-37(45)38-17-6-10-21-46(38)63/h5-29,32-35H,30-31H2,1-4H3. The first-order valence-corrected chi connectivity index (χ1v) is 25.1. The fourth-order valence-corrected chi connectivity index (χ4v) is 15.2. The Bertz CT molecular complexity index is 4050. The van der Waals surface area contributed by atoms with Crippen LogP contribution in [0, 0.1) is 0 Å². The van der Waals surface area contributed by atoms with Gasteiger partial charge in [-0.15, -0.1) is 11.3 Å². The van der Waals surface area contributed by atoms with Crippen molar-refractivity contribution in [3.8, 4) is 22.3 Å². The molecule has 0 saturated heterocycles. The summed E-state index contributed by atoms with van der Waals surface area (Å²) >= 11 is 1.94. The summed E-state index contributed by atoms with van der Waals surface area (Å²) in [6.07, 6.45) is 2.33. The Morgan fingerprint density at radius 2 is 1.15 bits per heavy atom. The Morgan fingerprint density at radius 1 is 0.471 bits per heavy atom. The highest BCUT2D eigenvalue weighted by atomic mass is 32.1. The number of furan rings is 1. The van der Waals surface area contributed by atoms with Crippen molar-refractivity contribution in [3.63, 3.8) is 0 Å². The van der Waals surface area contributed by atoms with Gasteiger partial charge in [0.25, 0.3) is 0 Å². The predicted octanol–water partition coefficient (Wildman–Crippen LogP) is 15.7. The van der Waals surface area contributed by atoms with Crippen LogP contribution in [0.3, 0.4) is 0 Å². The zero-order chi connectivity index (χ0) is 45.0. The number of rotatable bonds is 1. The number of benzene rings is 9. The molecule has 2 aromatic heterocycles. The van der Waals surface area contributed by atoms with E-state index in [9.17, 15) is 0 Å². The Kier molecular flexibility index (Phi) is 6.99. The van der Waals surface area contributed by atoms with E-state index in [0.29, 0.717) is 0 Å². The molecule has 0 fully saturated rings. The average molecular weight is 889 g/mol. The Balaban J connectivity index is 1.10. The van der Waals surface area contributed by atoms with Crippen molar-refractivity contribution < 1.29 is 4.42 Å². The summed E-state index contributed by atoms with van der Waals surface area (Å²) in [5.74, 6) is 0. The van der Waals surface area contributed by atoms with Crippen LogP contribution in [-0.4, -0.2) is 6.85 Å². The van der Waals surface area contributed by atoms with Crippen LogP contribution in [0.5, 0.6) is 0 Å². The maximum absolute atomic E-state index is 6.79. The molecule has 5 heteroatoms. The molecule has 0 radical (unpaired) electrons. The molecule has 0 amide bonds. The molecule has 5 aliphatic rings. The minimum atomic E-state index is -0.527. The molecular weight excluding hydrogens is 844 g/mol. The number of thiophene rings is 1. The molecular formula is C63H45BN2OS. The summed E-state index contributed by atoms with van der Waals surface area (Å²) in [5, 5.41) is 4.90. The highest BCUT2D eigenvalue weighted by molar-refractivity contribution is 7.26. The Hall–Kier alpha value is -7.34. The maximum atomic E-state index is 6.79. The van der Waals surface area contributed by atoms with E-state index >= 15 is 0 Å². The van der Waals surface area contributed by atoms with Crippen LogP contribution in [-0.2, 0) is 16.2 Å². The fraction of sp³-hybridized carbons (Fsp3) is 0.143. The lowest BCUT2D eigenvalue weighted by molar-refractivity contribution is 0.332. The van der Waals surface area contributed by atoms with Crippen LogP contribution in [0.25, 0.3) is 64.4 Å². The van der Waals surface area contributed by atoms with E-state index in [1.165, 1.54) is 122 Å². The second-order valence-electron chi connectivity index (χ2n) is 21.3. The van der Waals surface area contributed by atoms with E-state index in [4.69, 9.17) is 4.42 Å². The topological polar surface area (TPSA) is 19.6 Å². The van der Waals surface area contributed by atoms with E-state index in [1.54, 1.807) is 0 Å². The molecule has 1 spiro atoms. The first-order chi connectivity index (χ1) is 33.2. The Morgan fingerprint density at radius 3 is 1.96 bits per heavy atom. The zero-order valence-corrected chi connectivity index (χ0v) is 39.3. The third-order valence-corrected chi connectivity index (χ3v) is 18.3. The van der Waals surface area contributed by atoms with Gasteiger partial charge < -0.3 is 14.1 Å². The predicted molar refractivity (Wildman–Crippen MR) is 286 cm³/mol. The smallest absolute Gasteiger partial charge is 0.333 e. The van der Waals surface area contributed by atoms with Gasteiger partial charge in [-0.25, -0.2) is 0 Å². The van der Waals surface area contributed by atoms with Gasteiger partial charge >= 0.3 is 6.85 Å². The lowest BCUT2D eigenvalue weighted by Gasteiger charge is -2.51. The molecule has 322 valence electrons. The molecule has 5 heterocycles. The summed E-state index contributed by atoms with van der Waals surface area (Å²) < 4.78 is 9.43. The third kappa shape index (κ3) is 4.44. The minimum Gasteiger partial charge on any atom is -0.456 e. The van der Waals surface area contributed by atoms with Crippen LogP contribution in [0.4, 0.5) is 28.4 Å². The highest BCUT2D eigenvalue weighted by Crippen LogP contribution is 2.65. The van der Waals surface area contributed by atoms with Crippen molar-refractivity contribution in [1.82, 2.24) is 0 Å². The van der Waals surface area contributed by atoms with Crippen LogP contribution in [0.15, 0.2) is 180 Å². The summed E-state index contributed by atoms with van der Waals surface area (Å²) in [5.41, 5.74) is 23.8. The summed E-state index contributed by atoms with van der Waals surface area (Å²) in [6, 6.07) is 67.5. The van der Waals surface area contributed by atoms with Crippen LogP contribution >= 0.6 is 11.3 Å². The third-order valence-electron chi connectivity index (χ3n) is 17.1. The van der Waals surface area contributed by atoms with Crippen molar-refractivity contribution >= 4 is 99.7 Å². The van der Waals surface area contributed by atoms with E-state index < -0.39 is 5.41 Å². The molecule has 0 atom stereocenters. The zero-order valence-electron chi connectivity index (χ0n) is 38.4. The average Bonchev–Trinajstić information content (AvgIpc) is 4.02. The SMILES string of the molecule is CC1(C)CCC(C)(C)c2cc(N3B4c5cccc6c5N(c5ccccc5C65c6ccccc6-c6ccccc65)c5c4c(cc4c5sc5ccccc54)-c4cc5oc6ccccc6c5cc43)ccc21. The van der Waals surface area contributed by atoms with Crippen molar-refractivity contribution in [2.45, 2.75) is 56.8 Å². The van der Waals surface area contributed by atoms with Gasteiger partial charge in [-0.1, -0.05) is 155 Å². The van der Waals surface area contributed by atoms with Crippen molar-refractivity contribution in [3.05, 3.63) is 209 Å². The quantitative estimate of drug-likeness (QED) is 0.153. The Labute approximate surface area is 400 Å². The van der Waals surface area contributed by atoms with E-state index in [0.717, 1.165) is 28.4 Å². The maximum Gasteiger partial charge on any atom is 0.333 e. The van der Waals surface area contributed by atoms with Crippen LogP contribution in [0.1, 0.15) is 73.9 Å². The summed E-state index contributed by atoms with van der Waals surface area (Å²) in [4.78, 5) is 5.46. The summed E-state index contributed by atoms with van der Waals surface area (Å²) in [6.45, 7) is 9.66. The number of hydrogen-bond donors (Lipinski definition) is 0. The van der Waals surface area contributed by atoms with Crippen LogP contribution < -0.4 is 20.6 Å². The molecule has 0 unspecified atom stereocenters. The molecule has 68 heavy (non-hydrogen) atoms. The first-order valence-electron chi connectivity index (χ1n) is 24.3. The molecule has 9 aromatic carbocycles. The largest absolute Gasteiger partial charge is 0.456 e. The molecule has 2 aliphatic carbocycles. The second-order valence-corrected chi connectivity index (χ2v) is 22.4. The van der Waals surface area contributed by atoms with Gasteiger partial charge in [0.15, 0.2) is 0 Å². The fourth-order valence-electron chi connectivity index (χ4n) is 14.0. The minimum absolute atomic E-state index is 0.0329. The molecule has 0 bridgehead atoms. The van der Waals surface area contributed by atoms with Crippen LogP contribution in [0.2, 0.25) is 0 Å². The lowest BCUT2D eigenvalue weighted by atomic mass is 9.42. The van der Waals surface area contributed by atoms with Crippen molar-refractivity contribution in [2.24, 2.45) is 0 Å². The van der Waals surface area contributed by atoms with E-state index in [-0.39, 0.29) is 17.7 Å². The monoisotopic (exact) mass is 888 g/mol. The van der Waals surface area contributed by atoms with E-state index in [1.807, 2.05) is 11.3 Å². The number of fused-ring (bicyclic) bond motifs is 21. The number of para-hydroxylation sites is 3. The first kappa shape index (κ1) is 37.7. The molecule has 3 aliphatic heterocycles. The molecule has 0 N–H and O–H groups in total. The van der Waals surface area contributed by atoms with Crippen molar-refractivity contribution in [2.75, 3.05) is 9.71 Å². The molecule has 11 aromatic rings. The molecule has 3 nitrogen and oxygen atoms in total. The van der Waals surface area contributed by atoms with Gasteiger partial charge in [0.1, 0.15) is 11.2 Å². The second kappa shape index (κ2) is 12.6. The van der Waals surface area contributed by atoms with E-state index in [2.05, 4.69) is 213 Å². The summed E-state index contributed by atoms with van der Waals surface area (Å²) in [7, 11) is 0. The lowest BCUT2D eigenvalue weighted by Crippen LogP contribution is -2.62. The number of hydrogen-bond acceptors (Lipinski definition) is 4. The molecule has 0 saturated carbocycles. The van der Waals surface area contributed by atoms with Gasteiger partial charge in [0.2, 0.25) is 0 Å². The highest BCUT2D eigenvalue weighted by Gasteiger charge is 2.56. The van der Waals surface area contributed by atoms with Gasteiger partial charge in [0, 0.05) is 48.9 Å².